The molecule has 20 heavy (non-hydrogen) atoms. The van der Waals surface area contributed by atoms with Crippen molar-refractivity contribution in [2.45, 2.75) is 30.2 Å². The summed E-state index contributed by atoms with van der Waals surface area (Å²) in [5.41, 5.74) is 5.88. The second-order valence-electron chi connectivity index (χ2n) is 4.57. The molecule has 1 aromatic rings. The molecule has 0 aliphatic heterocycles. The Morgan fingerprint density at radius 3 is 2.35 bits per heavy atom. The summed E-state index contributed by atoms with van der Waals surface area (Å²) in [5.74, 6) is 0. The van der Waals surface area contributed by atoms with E-state index in [2.05, 4.69) is 0 Å². The van der Waals surface area contributed by atoms with Crippen molar-refractivity contribution < 1.29 is 8.42 Å². The monoisotopic (exact) mass is 333 g/mol. The van der Waals surface area contributed by atoms with Gasteiger partial charge in [-0.1, -0.05) is 23.2 Å². The lowest BCUT2D eigenvalue weighted by Gasteiger charge is -2.22. The third kappa shape index (κ3) is 3.01. The summed E-state index contributed by atoms with van der Waals surface area (Å²) in [4.78, 5) is -0.139. The zero-order chi connectivity index (χ0) is 14.9. The van der Waals surface area contributed by atoms with Gasteiger partial charge in [-0.25, -0.2) is 8.42 Å². The lowest BCUT2D eigenvalue weighted by atomic mass is 10.3. The number of nitrogens with zero attached hydrogens (tertiary/aromatic N) is 2. The highest BCUT2D eigenvalue weighted by Gasteiger charge is 2.39. The second kappa shape index (κ2) is 5.78. The van der Waals surface area contributed by atoms with Crippen molar-refractivity contribution in [3.63, 3.8) is 0 Å². The van der Waals surface area contributed by atoms with Gasteiger partial charge in [0.05, 0.1) is 16.1 Å². The largest absolute Gasteiger partial charge is 0.399 e. The molecule has 2 N–H and O–H groups in total. The van der Waals surface area contributed by atoms with Crippen molar-refractivity contribution in [2.24, 2.45) is 0 Å². The van der Waals surface area contributed by atoms with Crippen LogP contribution in [0.3, 0.4) is 0 Å². The summed E-state index contributed by atoms with van der Waals surface area (Å²) in [5, 5.41) is 8.65. The molecule has 0 atom stereocenters. The highest BCUT2D eigenvalue weighted by Crippen LogP contribution is 2.38. The molecular weight excluding hydrogens is 321 g/mol. The molecule has 0 radical (unpaired) electrons. The van der Waals surface area contributed by atoms with Gasteiger partial charge in [-0.2, -0.15) is 9.57 Å². The van der Waals surface area contributed by atoms with E-state index < -0.39 is 10.0 Å². The van der Waals surface area contributed by atoms with Crippen LogP contribution in [0.15, 0.2) is 17.0 Å². The molecule has 0 saturated heterocycles. The summed E-state index contributed by atoms with van der Waals surface area (Å²) in [6, 6.07) is 4.59. The van der Waals surface area contributed by atoms with Crippen LogP contribution in [-0.2, 0) is 10.0 Å². The third-order valence-electron chi connectivity index (χ3n) is 2.99. The molecule has 108 valence electrons. The van der Waals surface area contributed by atoms with Crippen molar-refractivity contribution in [2.75, 3.05) is 12.3 Å². The number of benzene rings is 1. The van der Waals surface area contributed by atoms with E-state index in [-0.39, 0.29) is 33.9 Å². The number of anilines is 1. The van der Waals surface area contributed by atoms with E-state index in [4.69, 9.17) is 34.2 Å². The fourth-order valence-corrected chi connectivity index (χ4v) is 4.83. The first kappa shape index (κ1) is 15.4. The molecule has 1 aliphatic rings. The molecule has 0 amide bonds. The Morgan fingerprint density at radius 1 is 1.35 bits per heavy atom. The summed E-state index contributed by atoms with van der Waals surface area (Å²) < 4.78 is 26.7. The van der Waals surface area contributed by atoms with Gasteiger partial charge >= 0.3 is 0 Å². The molecule has 2 rings (SSSR count). The van der Waals surface area contributed by atoms with Crippen LogP contribution in [-0.4, -0.2) is 25.3 Å². The topological polar surface area (TPSA) is 87.2 Å². The molecule has 0 heterocycles. The number of hydrogen-bond acceptors (Lipinski definition) is 4. The summed E-state index contributed by atoms with van der Waals surface area (Å²) in [6.45, 7) is 0.139. The predicted molar refractivity (Wildman–Crippen MR) is 78.0 cm³/mol. The van der Waals surface area contributed by atoms with E-state index in [9.17, 15) is 8.42 Å². The number of nitrogens with two attached hydrogens (primary N) is 1. The van der Waals surface area contributed by atoms with Crippen LogP contribution in [0.25, 0.3) is 0 Å². The van der Waals surface area contributed by atoms with Crippen molar-refractivity contribution in [1.29, 1.82) is 5.26 Å². The SMILES string of the molecule is N#CCCN(C1CC1)S(=O)(=O)c1c(Cl)cc(N)cc1Cl. The van der Waals surface area contributed by atoms with Crippen molar-refractivity contribution in [1.82, 2.24) is 4.31 Å². The van der Waals surface area contributed by atoms with Crippen LogP contribution in [0, 0.1) is 11.3 Å². The van der Waals surface area contributed by atoms with E-state index in [1.165, 1.54) is 16.4 Å². The van der Waals surface area contributed by atoms with Gasteiger partial charge < -0.3 is 5.73 Å². The maximum atomic E-state index is 12.7. The Balaban J connectivity index is 2.46. The van der Waals surface area contributed by atoms with Gasteiger partial charge in [0.15, 0.2) is 0 Å². The second-order valence-corrected chi connectivity index (χ2v) is 7.21. The van der Waals surface area contributed by atoms with Crippen LogP contribution in [0.1, 0.15) is 19.3 Å². The molecule has 8 heteroatoms. The first-order valence-corrected chi connectivity index (χ1v) is 8.21. The molecule has 1 saturated carbocycles. The van der Waals surface area contributed by atoms with E-state index >= 15 is 0 Å². The molecule has 5 nitrogen and oxygen atoms in total. The minimum absolute atomic E-state index is 0.00222. The molecule has 1 aromatic carbocycles. The zero-order valence-corrected chi connectivity index (χ0v) is 12.8. The Bertz CT molecular complexity index is 643. The van der Waals surface area contributed by atoms with Crippen LogP contribution < -0.4 is 5.73 Å². The van der Waals surface area contributed by atoms with Crippen molar-refractivity contribution in [3.05, 3.63) is 22.2 Å². The van der Waals surface area contributed by atoms with Crippen LogP contribution in [0.5, 0.6) is 0 Å². The maximum absolute atomic E-state index is 12.7. The van der Waals surface area contributed by atoms with Crippen LogP contribution in [0.2, 0.25) is 10.0 Å². The smallest absolute Gasteiger partial charge is 0.246 e. The lowest BCUT2D eigenvalue weighted by molar-refractivity contribution is 0.411. The molecule has 0 spiro atoms. The number of nitrogen functional groups attached to an aromatic ring is 1. The molecule has 1 fully saturated rings. The Labute approximate surface area is 127 Å². The Hall–Kier alpha value is -1.00. The van der Waals surface area contributed by atoms with Crippen LogP contribution >= 0.6 is 23.2 Å². The standard InChI is InChI=1S/C12H13Cl2N3O2S/c13-10-6-8(16)7-11(14)12(10)20(18,19)17(5-1-4-15)9-2-3-9/h6-7,9H,1-3,5,16H2. The van der Waals surface area contributed by atoms with Gasteiger partial charge in [0.2, 0.25) is 10.0 Å². The van der Waals surface area contributed by atoms with Gasteiger partial charge in [0.25, 0.3) is 0 Å². The average molecular weight is 334 g/mol. The molecular formula is C12H13Cl2N3O2S. The van der Waals surface area contributed by atoms with Gasteiger partial charge in [0.1, 0.15) is 4.90 Å². The fourth-order valence-electron chi connectivity index (χ4n) is 1.96. The average Bonchev–Trinajstić information content (AvgIpc) is 3.11. The highest BCUT2D eigenvalue weighted by molar-refractivity contribution is 7.89. The van der Waals surface area contributed by atoms with Crippen LogP contribution in [0.4, 0.5) is 5.69 Å². The Morgan fingerprint density at radius 2 is 1.90 bits per heavy atom. The van der Waals surface area contributed by atoms with E-state index in [1.54, 1.807) is 0 Å². The number of hydrogen-bond donors (Lipinski definition) is 1. The van der Waals surface area contributed by atoms with Gasteiger partial charge in [-0.05, 0) is 25.0 Å². The molecule has 1 aliphatic carbocycles. The lowest BCUT2D eigenvalue weighted by Crippen LogP contribution is -2.34. The number of sulfonamides is 1. The number of nitriles is 1. The number of halogens is 2. The maximum Gasteiger partial charge on any atom is 0.246 e. The quantitative estimate of drug-likeness (QED) is 0.839. The minimum atomic E-state index is -3.83. The first-order valence-electron chi connectivity index (χ1n) is 6.01. The van der Waals surface area contributed by atoms with Crippen molar-refractivity contribution in [3.8, 4) is 6.07 Å². The van der Waals surface area contributed by atoms with E-state index in [1.807, 2.05) is 6.07 Å². The molecule has 0 bridgehead atoms. The van der Waals surface area contributed by atoms with E-state index in [0.29, 0.717) is 5.69 Å². The minimum Gasteiger partial charge on any atom is -0.399 e. The Kier molecular flexibility index (Phi) is 4.45. The third-order valence-corrected chi connectivity index (χ3v) is 5.86. The summed E-state index contributed by atoms with van der Waals surface area (Å²) >= 11 is 12.0. The fraction of sp³-hybridized carbons (Fsp3) is 0.417. The van der Waals surface area contributed by atoms with E-state index in [0.717, 1.165) is 12.8 Å². The summed E-state index contributed by atoms with van der Waals surface area (Å²) in [7, 11) is -3.83. The van der Waals surface area contributed by atoms with Gasteiger partial charge in [0, 0.05) is 24.7 Å². The molecule has 0 aromatic heterocycles. The number of rotatable bonds is 5. The van der Waals surface area contributed by atoms with Crippen molar-refractivity contribution >= 4 is 38.9 Å². The highest BCUT2D eigenvalue weighted by atomic mass is 35.5. The van der Waals surface area contributed by atoms with Gasteiger partial charge in [-0.3, -0.25) is 0 Å². The van der Waals surface area contributed by atoms with Gasteiger partial charge in [-0.15, -0.1) is 0 Å². The normalized spacial score (nSPS) is 15.3. The first-order chi connectivity index (χ1) is 9.37. The predicted octanol–water partition coefficient (Wildman–Crippen LogP) is 2.64. The zero-order valence-electron chi connectivity index (χ0n) is 10.5. The summed E-state index contributed by atoms with van der Waals surface area (Å²) in [6.07, 6.45) is 1.70. The molecule has 0 unspecified atom stereocenters.